The summed E-state index contributed by atoms with van der Waals surface area (Å²) in [6.07, 6.45) is 12.0. The Morgan fingerprint density at radius 2 is 1.52 bits per heavy atom. The summed E-state index contributed by atoms with van der Waals surface area (Å²) in [6.45, 7) is 6.74. The van der Waals surface area contributed by atoms with Gasteiger partial charge in [0.25, 0.3) is 0 Å². The average Bonchev–Trinajstić information content (AvgIpc) is 3.15. The third-order valence-corrected chi connectivity index (χ3v) is 4.78. The van der Waals surface area contributed by atoms with E-state index in [1.807, 2.05) is 30.3 Å². The fourth-order valence-electron chi connectivity index (χ4n) is 3.18. The van der Waals surface area contributed by atoms with Crippen LogP contribution in [0.1, 0.15) is 78.6 Å². The highest BCUT2D eigenvalue weighted by Crippen LogP contribution is 2.42. The fraction of sp³-hybridized carbons (Fsp3) is 0.714. The predicted octanol–water partition coefficient (Wildman–Crippen LogP) is 6.35. The van der Waals surface area contributed by atoms with Crippen LogP contribution in [0.2, 0.25) is 0 Å². The van der Waals surface area contributed by atoms with Gasteiger partial charge >= 0.3 is 0 Å². The first kappa shape index (κ1) is 18.3. The Bertz CT molecular complexity index is 429. The van der Waals surface area contributed by atoms with Gasteiger partial charge in [-0.25, -0.2) is 0 Å². The maximum absolute atomic E-state index is 6.09. The lowest BCUT2D eigenvalue weighted by Crippen LogP contribution is -2.22. The van der Waals surface area contributed by atoms with Gasteiger partial charge in [-0.05, 0) is 31.4 Å². The molecule has 0 N–H and O–H groups in total. The van der Waals surface area contributed by atoms with E-state index in [1.165, 1.54) is 51.4 Å². The SMILES string of the molecule is CC(C)CCCCCCCCCC1(Oc2ccccc2)OC1C. The van der Waals surface area contributed by atoms with Gasteiger partial charge in [0.05, 0.1) is 0 Å². The summed E-state index contributed by atoms with van der Waals surface area (Å²) in [5, 5.41) is 0. The lowest BCUT2D eigenvalue weighted by atomic mass is 10.0. The van der Waals surface area contributed by atoms with E-state index in [-0.39, 0.29) is 11.9 Å². The summed E-state index contributed by atoms with van der Waals surface area (Å²) < 4.78 is 11.9. The molecular weight excluding hydrogens is 284 g/mol. The molecule has 2 unspecified atom stereocenters. The van der Waals surface area contributed by atoms with Crippen molar-refractivity contribution < 1.29 is 9.47 Å². The van der Waals surface area contributed by atoms with Crippen LogP contribution in [0.5, 0.6) is 5.75 Å². The molecule has 0 saturated carbocycles. The number of para-hydroxylation sites is 1. The molecular formula is C21H34O2. The Balaban J connectivity index is 1.53. The quantitative estimate of drug-likeness (QED) is 0.331. The largest absolute Gasteiger partial charge is 0.460 e. The lowest BCUT2D eigenvalue weighted by molar-refractivity contribution is 0.0512. The molecule has 0 bridgehead atoms. The molecule has 1 aromatic carbocycles. The molecule has 1 fully saturated rings. The van der Waals surface area contributed by atoms with Crippen LogP contribution in [0.3, 0.4) is 0 Å². The first-order valence-corrected chi connectivity index (χ1v) is 9.54. The average molecular weight is 319 g/mol. The number of epoxide rings is 1. The van der Waals surface area contributed by atoms with E-state index in [2.05, 4.69) is 20.8 Å². The van der Waals surface area contributed by atoms with E-state index in [0.717, 1.165) is 18.1 Å². The number of hydrogen-bond acceptors (Lipinski definition) is 2. The van der Waals surface area contributed by atoms with Gasteiger partial charge in [0, 0.05) is 6.42 Å². The van der Waals surface area contributed by atoms with Crippen molar-refractivity contribution >= 4 is 0 Å². The van der Waals surface area contributed by atoms with Crippen molar-refractivity contribution in [3.63, 3.8) is 0 Å². The second-order valence-electron chi connectivity index (χ2n) is 7.39. The van der Waals surface area contributed by atoms with E-state index >= 15 is 0 Å². The Labute approximate surface area is 142 Å². The van der Waals surface area contributed by atoms with Gasteiger partial charge in [-0.15, -0.1) is 0 Å². The van der Waals surface area contributed by atoms with Gasteiger partial charge in [-0.1, -0.05) is 77.0 Å². The topological polar surface area (TPSA) is 21.8 Å². The number of unbranched alkanes of at least 4 members (excludes halogenated alkanes) is 6. The Morgan fingerprint density at radius 3 is 2.09 bits per heavy atom. The zero-order valence-electron chi connectivity index (χ0n) is 15.2. The van der Waals surface area contributed by atoms with Crippen LogP contribution in [-0.2, 0) is 4.74 Å². The van der Waals surface area contributed by atoms with Gasteiger partial charge in [0.1, 0.15) is 11.9 Å². The van der Waals surface area contributed by atoms with Gasteiger partial charge in [0.15, 0.2) is 0 Å². The molecule has 2 rings (SSSR count). The lowest BCUT2D eigenvalue weighted by Gasteiger charge is -2.15. The van der Waals surface area contributed by atoms with Crippen LogP contribution in [0, 0.1) is 5.92 Å². The fourth-order valence-corrected chi connectivity index (χ4v) is 3.18. The first-order chi connectivity index (χ1) is 11.1. The Hall–Kier alpha value is -1.02. The minimum Gasteiger partial charge on any atom is -0.460 e. The van der Waals surface area contributed by atoms with E-state index in [0.29, 0.717) is 0 Å². The van der Waals surface area contributed by atoms with E-state index in [9.17, 15) is 0 Å². The third kappa shape index (κ3) is 6.55. The minimum absolute atomic E-state index is 0.221. The van der Waals surface area contributed by atoms with Crippen LogP contribution >= 0.6 is 0 Å². The van der Waals surface area contributed by atoms with Crippen LogP contribution in [0.15, 0.2) is 30.3 Å². The molecule has 0 aliphatic carbocycles. The number of ether oxygens (including phenoxy) is 2. The summed E-state index contributed by atoms with van der Waals surface area (Å²) in [5.74, 6) is 1.43. The van der Waals surface area contributed by atoms with Crippen molar-refractivity contribution in [2.75, 3.05) is 0 Å². The van der Waals surface area contributed by atoms with Crippen molar-refractivity contribution in [3.8, 4) is 5.75 Å². The van der Waals surface area contributed by atoms with Gasteiger partial charge in [0.2, 0.25) is 5.79 Å². The van der Waals surface area contributed by atoms with E-state index < -0.39 is 0 Å². The highest BCUT2D eigenvalue weighted by molar-refractivity contribution is 5.22. The van der Waals surface area contributed by atoms with Gasteiger partial charge in [-0.2, -0.15) is 0 Å². The summed E-state index contributed by atoms with van der Waals surface area (Å²) in [4.78, 5) is 0. The second kappa shape index (κ2) is 9.32. The highest BCUT2D eigenvalue weighted by atomic mass is 16.8. The van der Waals surface area contributed by atoms with Crippen molar-refractivity contribution in [2.24, 2.45) is 5.92 Å². The summed E-state index contributed by atoms with van der Waals surface area (Å²) >= 11 is 0. The van der Waals surface area contributed by atoms with Crippen molar-refractivity contribution in [1.29, 1.82) is 0 Å². The third-order valence-electron chi connectivity index (χ3n) is 4.78. The van der Waals surface area contributed by atoms with Crippen molar-refractivity contribution in [1.82, 2.24) is 0 Å². The molecule has 2 atom stereocenters. The molecule has 2 nitrogen and oxygen atoms in total. The van der Waals surface area contributed by atoms with Gasteiger partial charge in [-0.3, -0.25) is 0 Å². The Morgan fingerprint density at radius 1 is 0.957 bits per heavy atom. The molecule has 0 spiro atoms. The molecule has 1 aliphatic rings. The Kier molecular flexibility index (Phi) is 7.42. The van der Waals surface area contributed by atoms with E-state index in [1.54, 1.807) is 0 Å². The molecule has 23 heavy (non-hydrogen) atoms. The number of hydrogen-bond donors (Lipinski definition) is 0. The maximum Gasteiger partial charge on any atom is 0.237 e. The predicted molar refractivity (Wildman–Crippen MR) is 96.7 cm³/mol. The smallest absolute Gasteiger partial charge is 0.237 e. The molecule has 0 aromatic heterocycles. The van der Waals surface area contributed by atoms with Crippen LogP contribution in [-0.4, -0.2) is 11.9 Å². The molecule has 130 valence electrons. The molecule has 1 saturated heterocycles. The van der Waals surface area contributed by atoms with Crippen LogP contribution in [0.25, 0.3) is 0 Å². The second-order valence-corrected chi connectivity index (χ2v) is 7.39. The maximum atomic E-state index is 6.09. The minimum atomic E-state index is -0.349. The zero-order chi connectivity index (χ0) is 16.5. The van der Waals surface area contributed by atoms with Crippen molar-refractivity contribution in [2.45, 2.75) is 90.4 Å². The summed E-state index contributed by atoms with van der Waals surface area (Å²) in [6, 6.07) is 10.0. The van der Waals surface area contributed by atoms with Gasteiger partial charge < -0.3 is 9.47 Å². The highest BCUT2D eigenvalue weighted by Gasteiger charge is 2.55. The molecule has 0 radical (unpaired) electrons. The zero-order valence-corrected chi connectivity index (χ0v) is 15.2. The number of rotatable bonds is 12. The summed E-state index contributed by atoms with van der Waals surface area (Å²) in [7, 11) is 0. The normalized spacial score (nSPS) is 23.2. The molecule has 2 heteroatoms. The van der Waals surface area contributed by atoms with Crippen molar-refractivity contribution in [3.05, 3.63) is 30.3 Å². The molecule has 0 amide bonds. The summed E-state index contributed by atoms with van der Waals surface area (Å²) in [5.41, 5.74) is 0. The standard InChI is InChI=1S/C21H34O2/c1-18(2)14-10-7-5-4-6-8-13-17-21(19(3)22-21)23-20-15-11-9-12-16-20/h9,11-12,15-16,18-19H,4-8,10,13-14,17H2,1-3H3. The first-order valence-electron chi connectivity index (χ1n) is 9.54. The monoisotopic (exact) mass is 318 g/mol. The van der Waals surface area contributed by atoms with Crippen LogP contribution in [0.4, 0.5) is 0 Å². The molecule has 1 heterocycles. The van der Waals surface area contributed by atoms with Crippen LogP contribution < -0.4 is 4.74 Å². The molecule has 1 aliphatic heterocycles. The number of benzene rings is 1. The molecule has 1 aromatic rings. The van der Waals surface area contributed by atoms with E-state index in [4.69, 9.17) is 9.47 Å².